The first-order chi connectivity index (χ1) is 10.8. The molecule has 0 atom stereocenters. The van der Waals surface area contributed by atoms with Crippen LogP contribution in [0.1, 0.15) is 19.0 Å². The highest BCUT2D eigenvalue weighted by Crippen LogP contribution is 2.31. The smallest absolute Gasteiger partial charge is 0.125 e. The standard InChI is InChI=1S/C18H18N2OS/c1-3-5-16-15(6-4-11-19-16)18-20-17(12-22-18)13-7-9-14(21-2)10-8-13/h4,6-12H,3,5H2,1-2H3. The second-order valence-corrected chi connectivity index (χ2v) is 5.87. The molecule has 1 aromatic carbocycles. The molecule has 0 amide bonds. The van der Waals surface area contributed by atoms with Crippen LogP contribution < -0.4 is 4.74 Å². The summed E-state index contributed by atoms with van der Waals surface area (Å²) >= 11 is 1.67. The maximum atomic E-state index is 5.20. The Morgan fingerprint density at radius 2 is 1.95 bits per heavy atom. The molecule has 22 heavy (non-hydrogen) atoms. The van der Waals surface area contributed by atoms with Crippen molar-refractivity contribution < 1.29 is 4.74 Å². The van der Waals surface area contributed by atoms with Gasteiger partial charge in [0.15, 0.2) is 0 Å². The molecule has 3 nitrogen and oxygen atoms in total. The van der Waals surface area contributed by atoms with E-state index in [2.05, 4.69) is 23.4 Å². The zero-order valence-electron chi connectivity index (χ0n) is 12.7. The van der Waals surface area contributed by atoms with Gasteiger partial charge in [-0.15, -0.1) is 11.3 Å². The van der Waals surface area contributed by atoms with Gasteiger partial charge in [0.05, 0.1) is 18.5 Å². The maximum absolute atomic E-state index is 5.20. The van der Waals surface area contributed by atoms with E-state index in [4.69, 9.17) is 9.72 Å². The summed E-state index contributed by atoms with van der Waals surface area (Å²) in [7, 11) is 1.67. The van der Waals surface area contributed by atoms with E-state index in [1.165, 1.54) is 0 Å². The Morgan fingerprint density at radius 1 is 1.14 bits per heavy atom. The summed E-state index contributed by atoms with van der Waals surface area (Å²) in [6.45, 7) is 2.17. The van der Waals surface area contributed by atoms with E-state index in [0.717, 1.165) is 46.1 Å². The van der Waals surface area contributed by atoms with Gasteiger partial charge in [-0.1, -0.05) is 13.3 Å². The molecule has 0 N–H and O–H groups in total. The first kappa shape index (κ1) is 14.7. The van der Waals surface area contributed by atoms with Crippen molar-refractivity contribution in [2.24, 2.45) is 0 Å². The van der Waals surface area contributed by atoms with Crippen molar-refractivity contribution in [3.05, 3.63) is 53.7 Å². The summed E-state index contributed by atoms with van der Waals surface area (Å²) in [5.41, 5.74) is 4.37. The lowest BCUT2D eigenvalue weighted by Crippen LogP contribution is -1.92. The minimum Gasteiger partial charge on any atom is -0.497 e. The van der Waals surface area contributed by atoms with Crippen molar-refractivity contribution in [1.82, 2.24) is 9.97 Å². The molecular weight excluding hydrogens is 292 g/mol. The van der Waals surface area contributed by atoms with Gasteiger partial charge >= 0.3 is 0 Å². The van der Waals surface area contributed by atoms with E-state index < -0.39 is 0 Å². The Balaban J connectivity index is 1.93. The van der Waals surface area contributed by atoms with Crippen LogP contribution in [0.25, 0.3) is 21.8 Å². The third-order valence-electron chi connectivity index (χ3n) is 3.50. The number of pyridine rings is 1. The van der Waals surface area contributed by atoms with Crippen LogP contribution in [0.5, 0.6) is 5.75 Å². The molecule has 0 bridgehead atoms. The van der Waals surface area contributed by atoms with Gasteiger partial charge in [0.25, 0.3) is 0 Å². The number of hydrogen-bond donors (Lipinski definition) is 0. The summed E-state index contributed by atoms with van der Waals surface area (Å²) in [4.78, 5) is 9.29. The van der Waals surface area contributed by atoms with Gasteiger partial charge < -0.3 is 4.74 Å². The predicted octanol–water partition coefficient (Wildman–Crippen LogP) is 4.83. The fourth-order valence-corrected chi connectivity index (χ4v) is 3.24. The normalized spacial score (nSPS) is 10.6. The number of rotatable bonds is 5. The van der Waals surface area contributed by atoms with Crippen LogP contribution in [-0.4, -0.2) is 17.1 Å². The quantitative estimate of drug-likeness (QED) is 0.677. The molecule has 0 saturated carbocycles. The lowest BCUT2D eigenvalue weighted by Gasteiger charge is -2.04. The van der Waals surface area contributed by atoms with Crippen molar-refractivity contribution in [2.75, 3.05) is 7.11 Å². The minimum atomic E-state index is 0.858. The van der Waals surface area contributed by atoms with Crippen LogP contribution in [0.2, 0.25) is 0 Å². The second kappa shape index (κ2) is 6.71. The van der Waals surface area contributed by atoms with Gasteiger partial charge in [-0.05, 0) is 42.8 Å². The van der Waals surface area contributed by atoms with Crippen molar-refractivity contribution >= 4 is 11.3 Å². The molecule has 3 aromatic rings. The Labute approximate surface area is 134 Å². The summed E-state index contributed by atoms with van der Waals surface area (Å²) in [6, 6.07) is 12.1. The number of thiazole rings is 1. The predicted molar refractivity (Wildman–Crippen MR) is 91.3 cm³/mol. The van der Waals surface area contributed by atoms with E-state index in [1.54, 1.807) is 18.4 Å². The topological polar surface area (TPSA) is 35.0 Å². The second-order valence-electron chi connectivity index (χ2n) is 5.01. The van der Waals surface area contributed by atoms with Crippen molar-refractivity contribution in [3.8, 4) is 27.6 Å². The summed E-state index contributed by atoms with van der Waals surface area (Å²) < 4.78 is 5.20. The lowest BCUT2D eigenvalue weighted by molar-refractivity contribution is 0.415. The zero-order chi connectivity index (χ0) is 15.4. The zero-order valence-corrected chi connectivity index (χ0v) is 13.6. The molecular formula is C18H18N2OS. The Bertz CT molecular complexity index is 750. The number of methoxy groups -OCH3 is 1. The number of aromatic nitrogens is 2. The van der Waals surface area contributed by atoms with E-state index in [9.17, 15) is 0 Å². The molecule has 0 spiro atoms. The van der Waals surface area contributed by atoms with E-state index >= 15 is 0 Å². The van der Waals surface area contributed by atoms with Crippen LogP contribution in [0, 0.1) is 0 Å². The number of nitrogens with zero attached hydrogens (tertiary/aromatic N) is 2. The first-order valence-electron chi connectivity index (χ1n) is 7.36. The van der Waals surface area contributed by atoms with Crippen LogP contribution >= 0.6 is 11.3 Å². The van der Waals surface area contributed by atoms with Crippen LogP contribution in [0.4, 0.5) is 0 Å². The molecule has 0 aliphatic rings. The number of aryl methyl sites for hydroxylation is 1. The van der Waals surface area contributed by atoms with E-state index in [1.807, 2.05) is 36.5 Å². The largest absolute Gasteiger partial charge is 0.497 e. The Kier molecular flexibility index (Phi) is 4.49. The fraction of sp³-hybridized carbons (Fsp3) is 0.222. The highest BCUT2D eigenvalue weighted by molar-refractivity contribution is 7.13. The molecule has 112 valence electrons. The van der Waals surface area contributed by atoms with Gasteiger partial charge in [-0.25, -0.2) is 4.98 Å². The molecule has 0 unspecified atom stereocenters. The minimum absolute atomic E-state index is 0.858. The average Bonchev–Trinajstić information content (AvgIpc) is 3.05. The molecule has 3 rings (SSSR count). The molecule has 0 fully saturated rings. The molecule has 0 radical (unpaired) electrons. The van der Waals surface area contributed by atoms with Crippen molar-refractivity contribution in [3.63, 3.8) is 0 Å². The van der Waals surface area contributed by atoms with Crippen molar-refractivity contribution in [1.29, 1.82) is 0 Å². The Morgan fingerprint density at radius 3 is 2.68 bits per heavy atom. The van der Waals surface area contributed by atoms with Crippen LogP contribution in [0.3, 0.4) is 0 Å². The summed E-state index contributed by atoms with van der Waals surface area (Å²) in [5, 5.41) is 3.13. The highest BCUT2D eigenvalue weighted by Gasteiger charge is 2.11. The fourth-order valence-electron chi connectivity index (χ4n) is 2.36. The SMILES string of the molecule is CCCc1ncccc1-c1nc(-c2ccc(OC)cc2)cs1. The van der Waals surface area contributed by atoms with Crippen LogP contribution in [0.15, 0.2) is 48.0 Å². The molecule has 2 aromatic heterocycles. The summed E-state index contributed by atoms with van der Waals surface area (Å²) in [5.74, 6) is 0.858. The van der Waals surface area contributed by atoms with Gasteiger partial charge in [0.2, 0.25) is 0 Å². The lowest BCUT2D eigenvalue weighted by atomic mass is 10.1. The van der Waals surface area contributed by atoms with Crippen molar-refractivity contribution in [2.45, 2.75) is 19.8 Å². The number of ether oxygens (including phenoxy) is 1. The average molecular weight is 310 g/mol. The third-order valence-corrected chi connectivity index (χ3v) is 4.37. The molecule has 0 aliphatic heterocycles. The van der Waals surface area contributed by atoms with Gasteiger partial charge in [-0.2, -0.15) is 0 Å². The van der Waals surface area contributed by atoms with Gasteiger partial charge in [0.1, 0.15) is 10.8 Å². The van der Waals surface area contributed by atoms with E-state index in [-0.39, 0.29) is 0 Å². The first-order valence-corrected chi connectivity index (χ1v) is 8.24. The number of hydrogen-bond acceptors (Lipinski definition) is 4. The molecule has 2 heterocycles. The highest BCUT2D eigenvalue weighted by atomic mass is 32.1. The molecule has 0 saturated heterocycles. The monoisotopic (exact) mass is 310 g/mol. The van der Waals surface area contributed by atoms with Gasteiger partial charge in [-0.3, -0.25) is 4.98 Å². The molecule has 0 aliphatic carbocycles. The van der Waals surface area contributed by atoms with Crippen LogP contribution in [-0.2, 0) is 6.42 Å². The maximum Gasteiger partial charge on any atom is 0.125 e. The Hall–Kier alpha value is -2.20. The van der Waals surface area contributed by atoms with Gasteiger partial charge in [0, 0.05) is 22.7 Å². The number of benzene rings is 1. The molecule has 4 heteroatoms. The third kappa shape index (κ3) is 3.02. The van der Waals surface area contributed by atoms with E-state index in [0.29, 0.717) is 0 Å². The summed E-state index contributed by atoms with van der Waals surface area (Å²) in [6.07, 6.45) is 3.92.